The normalized spacial score (nSPS) is 12.3. The minimum absolute atomic E-state index is 0.184. The minimum atomic E-state index is -2.37. The number of phenolic OH excluding ortho intramolecular Hbond substituents is 2. The Morgan fingerprint density at radius 1 is 0.941 bits per heavy atom. The summed E-state index contributed by atoms with van der Waals surface area (Å²) < 4.78 is 20.4. The fraction of sp³-hybridized carbons (Fsp3) is 0. The lowest BCUT2D eigenvalue weighted by Crippen LogP contribution is -1.94. The summed E-state index contributed by atoms with van der Waals surface area (Å²) in [4.78, 5) is -0.184. The number of aromatic hydroxyl groups is 2. The van der Waals surface area contributed by atoms with Gasteiger partial charge in [0.2, 0.25) is 0 Å². The number of rotatable bonds is 2. The topological polar surface area (TPSA) is 77.8 Å². The van der Waals surface area contributed by atoms with E-state index in [0.29, 0.717) is 11.1 Å². The first-order chi connectivity index (χ1) is 8.11. The molecule has 0 radical (unpaired) electrons. The van der Waals surface area contributed by atoms with E-state index >= 15 is 0 Å². The van der Waals surface area contributed by atoms with E-state index in [0.717, 1.165) is 0 Å². The van der Waals surface area contributed by atoms with Gasteiger partial charge in [-0.25, -0.2) is 4.21 Å². The van der Waals surface area contributed by atoms with E-state index in [2.05, 4.69) is 0 Å². The molecule has 1 atom stereocenters. The van der Waals surface area contributed by atoms with Crippen LogP contribution in [0.1, 0.15) is 0 Å². The molecular weight excluding hydrogens is 240 g/mol. The molecule has 88 valence electrons. The lowest BCUT2D eigenvalue weighted by Gasteiger charge is -2.09. The standard InChI is InChI=1S/C12H10O4S/c13-10-7-6-9(8-4-2-1-3-5-8)12(11(10)14)17(15)16/h1-7,13-14H,(H,15,16). The van der Waals surface area contributed by atoms with Gasteiger partial charge in [-0.3, -0.25) is 0 Å². The van der Waals surface area contributed by atoms with Crippen LogP contribution in [0.3, 0.4) is 0 Å². The molecule has 0 spiro atoms. The highest BCUT2D eigenvalue weighted by atomic mass is 32.2. The van der Waals surface area contributed by atoms with Crippen molar-refractivity contribution < 1.29 is 19.0 Å². The average molecular weight is 250 g/mol. The van der Waals surface area contributed by atoms with Crippen molar-refractivity contribution in [2.45, 2.75) is 4.90 Å². The molecule has 0 aliphatic heterocycles. The summed E-state index contributed by atoms with van der Waals surface area (Å²) in [7, 11) is 0. The molecule has 3 N–H and O–H groups in total. The van der Waals surface area contributed by atoms with Crippen molar-refractivity contribution in [2.75, 3.05) is 0 Å². The first-order valence-corrected chi connectivity index (χ1v) is 5.93. The quantitative estimate of drug-likeness (QED) is 0.564. The molecule has 0 aromatic heterocycles. The van der Waals surface area contributed by atoms with Crippen LogP contribution in [0.5, 0.6) is 11.5 Å². The minimum Gasteiger partial charge on any atom is -0.504 e. The fourth-order valence-electron chi connectivity index (χ4n) is 1.58. The Morgan fingerprint density at radius 2 is 1.59 bits per heavy atom. The smallest absolute Gasteiger partial charge is 0.191 e. The van der Waals surface area contributed by atoms with Crippen molar-refractivity contribution in [3.05, 3.63) is 42.5 Å². The highest BCUT2D eigenvalue weighted by Gasteiger charge is 2.17. The monoisotopic (exact) mass is 250 g/mol. The summed E-state index contributed by atoms with van der Waals surface area (Å²) >= 11 is -2.37. The van der Waals surface area contributed by atoms with E-state index in [-0.39, 0.29) is 4.90 Å². The molecular formula is C12H10O4S. The van der Waals surface area contributed by atoms with Crippen LogP contribution in [-0.4, -0.2) is 19.0 Å². The lowest BCUT2D eigenvalue weighted by atomic mass is 10.1. The first-order valence-electron chi connectivity index (χ1n) is 4.82. The summed E-state index contributed by atoms with van der Waals surface area (Å²) in [5, 5.41) is 18.9. The zero-order valence-electron chi connectivity index (χ0n) is 8.70. The summed E-state index contributed by atoms with van der Waals surface area (Å²) in [5.74, 6) is -0.978. The maximum absolute atomic E-state index is 11.2. The van der Waals surface area contributed by atoms with Crippen molar-refractivity contribution >= 4 is 11.1 Å². The van der Waals surface area contributed by atoms with Crippen LogP contribution in [0, 0.1) is 0 Å². The Morgan fingerprint density at radius 3 is 2.18 bits per heavy atom. The fourth-order valence-corrected chi connectivity index (χ4v) is 2.23. The van der Waals surface area contributed by atoms with E-state index in [1.807, 2.05) is 6.07 Å². The molecule has 0 bridgehead atoms. The van der Waals surface area contributed by atoms with Crippen LogP contribution in [0.4, 0.5) is 0 Å². The van der Waals surface area contributed by atoms with Crippen molar-refractivity contribution in [2.24, 2.45) is 0 Å². The molecule has 0 fully saturated rings. The summed E-state index contributed by atoms with van der Waals surface area (Å²) in [5.41, 5.74) is 1.11. The van der Waals surface area contributed by atoms with E-state index < -0.39 is 22.6 Å². The molecule has 1 unspecified atom stereocenters. The van der Waals surface area contributed by atoms with Gasteiger partial charge in [0, 0.05) is 5.56 Å². The highest BCUT2D eigenvalue weighted by Crippen LogP contribution is 2.38. The van der Waals surface area contributed by atoms with Gasteiger partial charge >= 0.3 is 0 Å². The predicted molar refractivity (Wildman–Crippen MR) is 64.2 cm³/mol. The highest BCUT2D eigenvalue weighted by molar-refractivity contribution is 7.79. The molecule has 0 heterocycles. The van der Waals surface area contributed by atoms with Gasteiger partial charge in [-0.05, 0) is 17.7 Å². The van der Waals surface area contributed by atoms with Crippen LogP contribution in [-0.2, 0) is 11.1 Å². The van der Waals surface area contributed by atoms with Crippen LogP contribution in [0.25, 0.3) is 11.1 Å². The van der Waals surface area contributed by atoms with Gasteiger partial charge in [0.05, 0.1) is 0 Å². The van der Waals surface area contributed by atoms with Gasteiger partial charge in [0.25, 0.3) is 0 Å². The van der Waals surface area contributed by atoms with E-state index in [1.54, 1.807) is 24.3 Å². The van der Waals surface area contributed by atoms with Crippen LogP contribution in [0.2, 0.25) is 0 Å². The maximum atomic E-state index is 11.2. The molecule has 0 amide bonds. The summed E-state index contributed by atoms with van der Waals surface area (Å²) in [6, 6.07) is 11.7. The second-order valence-corrected chi connectivity index (χ2v) is 4.33. The van der Waals surface area contributed by atoms with Gasteiger partial charge in [-0.1, -0.05) is 30.3 Å². The molecule has 17 heavy (non-hydrogen) atoms. The third-order valence-electron chi connectivity index (χ3n) is 2.37. The van der Waals surface area contributed by atoms with Gasteiger partial charge < -0.3 is 14.8 Å². The lowest BCUT2D eigenvalue weighted by molar-refractivity contribution is 0.393. The number of hydrogen-bond donors (Lipinski definition) is 3. The number of benzene rings is 2. The third-order valence-corrected chi connectivity index (χ3v) is 3.13. The second-order valence-electron chi connectivity index (χ2n) is 3.43. The zero-order valence-corrected chi connectivity index (χ0v) is 9.52. The molecule has 0 aliphatic carbocycles. The molecule has 5 heteroatoms. The Labute approximate surface area is 100 Å². The molecule has 0 aliphatic rings. The Balaban J connectivity index is 2.71. The Kier molecular flexibility index (Phi) is 3.12. The van der Waals surface area contributed by atoms with E-state index in [4.69, 9.17) is 0 Å². The predicted octanol–water partition coefficient (Wildman–Crippen LogP) is 2.35. The van der Waals surface area contributed by atoms with Gasteiger partial charge in [-0.15, -0.1) is 0 Å². The zero-order chi connectivity index (χ0) is 12.4. The molecule has 2 rings (SSSR count). The van der Waals surface area contributed by atoms with Gasteiger partial charge in [0.15, 0.2) is 22.6 Å². The van der Waals surface area contributed by atoms with E-state index in [9.17, 15) is 19.0 Å². The second kappa shape index (κ2) is 4.57. The Hall–Kier alpha value is -1.85. The van der Waals surface area contributed by atoms with Gasteiger partial charge in [-0.2, -0.15) is 0 Å². The molecule has 2 aromatic rings. The Bertz CT molecular complexity index is 566. The summed E-state index contributed by atoms with van der Waals surface area (Å²) in [6.07, 6.45) is 0. The summed E-state index contributed by atoms with van der Waals surface area (Å²) in [6.45, 7) is 0. The van der Waals surface area contributed by atoms with Crippen molar-refractivity contribution in [1.82, 2.24) is 0 Å². The van der Waals surface area contributed by atoms with Crippen LogP contribution >= 0.6 is 0 Å². The molecule has 4 nitrogen and oxygen atoms in total. The number of hydrogen-bond acceptors (Lipinski definition) is 3. The van der Waals surface area contributed by atoms with E-state index in [1.165, 1.54) is 12.1 Å². The maximum Gasteiger partial charge on any atom is 0.191 e. The SMILES string of the molecule is O=S(O)c1c(-c2ccccc2)ccc(O)c1O. The third kappa shape index (κ3) is 2.15. The number of phenols is 2. The largest absolute Gasteiger partial charge is 0.504 e. The van der Waals surface area contributed by atoms with Crippen molar-refractivity contribution in [1.29, 1.82) is 0 Å². The molecule has 0 saturated carbocycles. The first kappa shape index (κ1) is 11.6. The molecule has 0 saturated heterocycles. The van der Waals surface area contributed by atoms with Gasteiger partial charge in [0.1, 0.15) is 4.90 Å². The molecule has 2 aromatic carbocycles. The van der Waals surface area contributed by atoms with Crippen molar-refractivity contribution in [3.63, 3.8) is 0 Å². The average Bonchev–Trinajstić information content (AvgIpc) is 2.33. The van der Waals surface area contributed by atoms with Crippen LogP contribution in [0.15, 0.2) is 47.4 Å². The van der Waals surface area contributed by atoms with Crippen molar-refractivity contribution in [3.8, 4) is 22.6 Å². The van der Waals surface area contributed by atoms with Crippen LogP contribution < -0.4 is 0 Å².